The smallest absolute Gasteiger partial charge is 0.290 e. The number of phenols is 1. The molecule has 1 atom stereocenters. The molecule has 0 spiro atoms. The van der Waals surface area contributed by atoms with Crippen LogP contribution in [0.25, 0.3) is 0 Å². The van der Waals surface area contributed by atoms with Gasteiger partial charge in [-0.25, -0.2) is 0 Å². The van der Waals surface area contributed by atoms with Crippen molar-refractivity contribution in [3.8, 4) is 5.75 Å². The third-order valence-electron chi connectivity index (χ3n) is 4.49. The van der Waals surface area contributed by atoms with Crippen molar-refractivity contribution in [2.75, 3.05) is 0 Å². The monoisotopic (exact) mass is 366 g/mol. The summed E-state index contributed by atoms with van der Waals surface area (Å²) in [7, 11) is 0. The number of Topliss-reactive ketones (excluding diaryl/α,β-unsaturated/α-hetero) is 1. The zero-order chi connectivity index (χ0) is 19.8. The predicted octanol–water partition coefficient (Wildman–Crippen LogP) is 3.30. The van der Waals surface area contributed by atoms with E-state index in [0.29, 0.717) is 5.56 Å². The Morgan fingerprint density at radius 3 is 2.52 bits per heavy atom. The first-order chi connectivity index (χ1) is 12.7. The third-order valence-corrected chi connectivity index (χ3v) is 4.49. The van der Waals surface area contributed by atoms with Gasteiger partial charge in [0.15, 0.2) is 11.5 Å². The van der Waals surface area contributed by atoms with Gasteiger partial charge < -0.3 is 15.1 Å². The molecule has 6 heteroatoms. The molecule has 1 amide bonds. The molecule has 0 fully saturated rings. The van der Waals surface area contributed by atoms with Gasteiger partial charge >= 0.3 is 0 Å². The number of carbonyl (C=O) groups excluding carboxylic acids is 2. The summed E-state index contributed by atoms with van der Waals surface area (Å²) in [5, 5.41) is 20.4. The molecule has 1 aliphatic heterocycles. The molecule has 1 aliphatic rings. The number of aliphatic hydroxyl groups is 1. The van der Waals surface area contributed by atoms with Crippen LogP contribution in [0.2, 0.25) is 0 Å². The zero-order valence-electron chi connectivity index (χ0n) is 15.5. The van der Waals surface area contributed by atoms with E-state index in [1.54, 1.807) is 51.4 Å². The van der Waals surface area contributed by atoms with Gasteiger partial charge in [-0.1, -0.05) is 39.0 Å². The molecule has 0 bridgehead atoms. The van der Waals surface area contributed by atoms with Crippen molar-refractivity contribution in [3.05, 3.63) is 71.3 Å². The minimum Gasteiger partial charge on any atom is -0.508 e. The topological polar surface area (TPSA) is 90.7 Å². The zero-order valence-corrected chi connectivity index (χ0v) is 15.5. The van der Waals surface area contributed by atoms with Gasteiger partial charge in [-0.2, -0.15) is 0 Å². The Labute approximate surface area is 157 Å². The average molecular weight is 366 g/mol. The van der Waals surface area contributed by atoms with Gasteiger partial charge in [0.05, 0.1) is 11.6 Å². The van der Waals surface area contributed by atoms with Crippen molar-refractivity contribution in [2.24, 2.45) is 5.41 Å². The molecular weight excluding hydrogens is 344 g/mol. The first kappa shape index (κ1) is 18.6. The van der Waals surface area contributed by atoms with Crippen molar-refractivity contribution in [3.63, 3.8) is 0 Å². The Morgan fingerprint density at radius 2 is 1.93 bits per heavy atom. The summed E-state index contributed by atoms with van der Waals surface area (Å²) in [6, 6.07) is 9.18. The van der Waals surface area contributed by atoms with E-state index in [1.165, 1.54) is 17.0 Å². The molecule has 2 aromatic rings. The van der Waals surface area contributed by atoms with E-state index in [1.807, 2.05) is 6.07 Å². The van der Waals surface area contributed by atoms with Gasteiger partial charge in [0, 0.05) is 24.4 Å². The van der Waals surface area contributed by atoms with Gasteiger partial charge in [0.2, 0.25) is 0 Å². The largest absolute Gasteiger partial charge is 0.508 e. The maximum atomic E-state index is 13.0. The second kappa shape index (κ2) is 6.87. The number of benzene rings is 1. The summed E-state index contributed by atoms with van der Waals surface area (Å²) in [6.45, 7) is 5.40. The van der Waals surface area contributed by atoms with Crippen molar-refractivity contribution in [1.82, 2.24) is 9.88 Å². The number of aromatic hydroxyl groups is 1. The van der Waals surface area contributed by atoms with E-state index in [0.717, 1.165) is 5.56 Å². The fraction of sp³-hybridized carbons (Fsp3) is 0.286. The predicted molar refractivity (Wildman–Crippen MR) is 99.8 cm³/mol. The van der Waals surface area contributed by atoms with E-state index < -0.39 is 23.1 Å². The first-order valence-electron chi connectivity index (χ1n) is 8.67. The van der Waals surface area contributed by atoms with Crippen LogP contribution in [0.3, 0.4) is 0 Å². The normalized spacial score (nSPS) is 17.5. The number of ketones is 1. The lowest BCUT2D eigenvalue weighted by atomic mass is 9.82. The Balaban J connectivity index is 2.11. The highest BCUT2D eigenvalue weighted by molar-refractivity contribution is 6.10. The Bertz CT molecular complexity index is 913. The van der Waals surface area contributed by atoms with Crippen molar-refractivity contribution < 1.29 is 19.8 Å². The molecular formula is C21H22N2O4. The van der Waals surface area contributed by atoms with Gasteiger partial charge in [-0.3, -0.25) is 14.6 Å². The van der Waals surface area contributed by atoms with Crippen LogP contribution in [0.4, 0.5) is 0 Å². The summed E-state index contributed by atoms with van der Waals surface area (Å²) >= 11 is 0. The van der Waals surface area contributed by atoms with Crippen LogP contribution in [0.15, 0.2) is 60.1 Å². The quantitative estimate of drug-likeness (QED) is 0.866. The van der Waals surface area contributed by atoms with Crippen molar-refractivity contribution in [2.45, 2.75) is 33.4 Å². The fourth-order valence-electron chi connectivity index (χ4n) is 3.18. The van der Waals surface area contributed by atoms with Crippen molar-refractivity contribution in [1.29, 1.82) is 0 Å². The summed E-state index contributed by atoms with van der Waals surface area (Å²) in [5.41, 5.74) is 0.613. The molecule has 1 unspecified atom stereocenters. The number of nitrogens with zero attached hydrogens (tertiary/aromatic N) is 2. The van der Waals surface area contributed by atoms with Crippen LogP contribution in [0, 0.1) is 5.41 Å². The van der Waals surface area contributed by atoms with Gasteiger partial charge in [-0.15, -0.1) is 0 Å². The molecule has 1 aromatic heterocycles. The number of aromatic nitrogens is 1. The van der Waals surface area contributed by atoms with Crippen LogP contribution in [-0.2, 0) is 16.1 Å². The van der Waals surface area contributed by atoms with Crippen molar-refractivity contribution >= 4 is 11.7 Å². The lowest BCUT2D eigenvalue weighted by molar-refractivity contribution is -0.130. The minimum atomic E-state index is -0.781. The third kappa shape index (κ3) is 3.56. The standard InChI is InChI=1S/C21H22N2O4/c1-21(2,3)19(26)16-17(14-7-4-8-15(24)10-14)23(20(27)18(16)25)12-13-6-5-9-22-11-13/h4-11,17,24-25H,12H2,1-3H3. The fourth-order valence-corrected chi connectivity index (χ4v) is 3.18. The molecule has 6 nitrogen and oxygen atoms in total. The summed E-state index contributed by atoms with van der Waals surface area (Å²) < 4.78 is 0. The second-order valence-electron chi connectivity index (χ2n) is 7.63. The molecule has 1 aromatic carbocycles. The number of pyridine rings is 1. The number of rotatable bonds is 4. The highest BCUT2D eigenvalue weighted by atomic mass is 16.3. The highest BCUT2D eigenvalue weighted by Gasteiger charge is 2.45. The Morgan fingerprint density at radius 1 is 1.19 bits per heavy atom. The molecule has 27 heavy (non-hydrogen) atoms. The van der Waals surface area contributed by atoms with Gasteiger partial charge in [0.25, 0.3) is 5.91 Å². The van der Waals surface area contributed by atoms with Crippen LogP contribution < -0.4 is 0 Å². The first-order valence-corrected chi connectivity index (χ1v) is 8.67. The average Bonchev–Trinajstić information content (AvgIpc) is 2.86. The SMILES string of the molecule is CC(C)(C)C(=O)C1=C(O)C(=O)N(Cc2cccnc2)C1c1cccc(O)c1. The number of hydrogen-bond acceptors (Lipinski definition) is 5. The molecule has 0 radical (unpaired) electrons. The van der Waals surface area contributed by atoms with E-state index in [9.17, 15) is 19.8 Å². The van der Waals surface area contributed by atoms with E-state index >= 15 is 0 Å². The molecule has 0 saturated carbocycles. The van der Waals surface area contributed by atoms with Crippen LogP contribution >= 0.6 is 0 Å². The van der Waals surface area contributed by atoms with Crippen LogP contribution in [0.1, 0.15) is 37.9 Å². The summed E-state index contributed by atoms with van der Waals surface area (Å²) in [4.78, 5) is 31.3. The lowest BCUT2D eigenvalue weighted by Gasteiger charge is -2.29. The number of carbonyl (C=O) groups is 2. The lowest BCUT2D eigenvalue weighted by Crippen LogP contribution is -2.32. The molecule has 2 heterocycles. The molecule has 0 aliphatic carbocycles. The molecule has 140 valence electrons. The number of amides is 1. The number of phenolic OH excluding ortho intramolecular Hbond substituents is 1. The maximum Gasteiger partial charge on any atom is 0.290 e. The number of hydrogen-bond donors (Lipinski definition) is 2. The van der Waals surface area contributed by atoms with Gasteiger partial charge in [0.1, 0.15) is 5.75 Å². The molecule has 0 saturated heterocycles. The Hall–Kier alpha value is -3.15. The minimum absolute atomic E-state index is 0.0234. The Kier molecular flexibility index (Phi) is 4.74. The van der Waals surface area contributed by atoms with Gasteiger partial charge in [-0.05, 0) is 29.3 Å². The summed E-state index contributed by atoms with van der Waals surface area (Å²) in [6.07, 6.45) is 3.26. The number of aliphatic hydroxyl groups excluding tert-OH is 1. The highest BCUT2D eigenvalue weighted by Crippen LogP contribution is 2.42. The van der Waals surface area contributed by atoms with Crippen LogP contribution in [-0.4, -0.2) is 31.8 Å². The van der Waals surface area contributed by atoms with E-state index in [4.69, 9.17) is 0 Å². The summed E-state index contributed by atoms with van der Waals surface area (Å²) in [5.74, 6) is -1.43. The van der Waals surface area contributed by atoms with Crippen LogP contribution in [0.5, 0.6) is 5.75 Å². The second-order valence-corrected chi connectivity index (χ2v) is 7.63. The molecule has 2 N–H and O–H groups in total. The van der Waals surface area contributed by atoms with E-state index in [-0.39, 0.29) is 23.7 Å². The maximum absolute atomic E-state index is 13.0. The molecule has 3 rings (SSSR count). The van der Waals surface area contributed by atoms with E-state index in [2.05, 4.69) is 4.98 Å².